The smallest absolute Gasteiger partial charge is 0.137 e. The number of Topliss-reactive ketones (excluding diaryl/α,β-unsaturated/α-hetero) is 1. The van der Waals surface area contributed by atoms with Crippen LogP contribution in [0.4, 0.5) is 4.39 Å². The van der Waals surface area contributed by atoms with Crippen molar-refractivity contribution in [3.05, 3.63) is 34.1 Å². The fourth-order valence-corrected chi connectivity index (χ4v) is 1.96. The van der Waals surface area contributed by atoms with Crippen LogP contribution in [0.15, 0.2) is 22.7 Å². The van der Waals surface area contributed by atoms with Gasteiger partial charge in [0.2, 0.25) is 0 Å². The van der Waals surface area contributed by atoms with E-state index in [0.29, 0.717) is 29.7 Å². The molecule has 0 heterocycles. The second-order valence-electron chi connectivity index (χ2n) is 4.39. The third-order valence-corrected chi connectivity index (χ3v) is 2.92. The van der Waals surface area contributed by atoms with Gasteiger partial charge in [-0.25, -0.2) is 4.39 Å². The topological polar surface area (TPSA) is 17.1 Å². The van der Waals surface area contributed by atoms with Crippen LogP contribution in [-0.4, -0.2) is 5.78 Å². The van der Waals surface area contributed by atoms with E-state index in [1.54, 1.807) is 12.1 Å². The third kappa shape index (κ3) is 4.44. The van der Waals surface area contributed by atoms with Gasteiger partial charge in [-0.1, -0.05) is 19.9 Å². The third-order valence-electron chi connectivity index (χ3n) is 2.31. The van der Waals surface area contributed by atoms with Crippen molar-refractivity contribution in [1.82, 2.24) is 0 Å². The molecule has 0 saturated heterocycles. The van der Waals surface area contributed by atoms with E-state index in [4.69, 9.17) is 0 Å². The number of carbonyl (C=O) groups excluding carboxylic acids is 1. The molecule has 0 saturated carbocycles. The molecule has 0 N–H and O–H groups in total. The Morgan fingerprint density at radius 3 is 2.69 bits per heavy atom. The van der Waals surface area contributed by atoms with Gasteiger partial charge >= 0.3 is 0 Å². The first-order chi connectivity index (χ1) is 7.49. The quantitative estimate of drug-likeness (QED) is 0.795. The fraction of sp³-hybridized carbons (Fsp3) is 0.462. The molecule has 0 aliphatic rings. The summed E-state index contributed by atoms with van der Waals surface area (Å²) < 4.78 is 13.4. The number of ketones is 1. The SMILES string of the molecule is CC(C)CC(=O)CCc1ccc(F)c(Br)c1. The van der Waals surface area contributed by atoms with Gasteiger partial charge in [0.25, 0.3) is 0 Å². The molecule has 16 heavy (non-hydrogen) atoms. The standard InChI is InChI=1S/C13H16BrFO/c1-9(2)7-11(16)5-3-10-4-6-13(15)12(14)8-10/h4,6,8-9H,3,5,7H2,1-2H3. The molecule has 88 valence electrons. The van der Waals surface area contributed by atoms with E-state index in [1.807, 2.05) is 13.8 Å². The highest BCUT2D eigenvalue weighted by atomic mass is 79.9. The molecule has 0 aliphatic heterocycles. The van der Waals surface area contributed by atoms with E-state index in [1.165, 1.54) is 6.07 Å². The maximum atomic E-state index is 13.0. The zero-order valence-electron chi connectivity index (χ0n) is 9.59. The predicted octanol–water partition coefficient (Wildman–Crippen LogP) is 4.14. The summed E-state index contributed by atoms with van der Waals surface area (Å²) in [6.45, 7) is 4.07. The lowest BCUT2D eigenvalue weighted by Gasteiger charge is -2.04. The number of hydrogen-bond acceptors (Lipinski definition) is 1. The number of carbonyl (C=O) groups is 1. The van der Waals surface area contributed by atoms with Crippen molar-refractivity contribution in [2.75, 3.05) is 0 Å². The highest BCUT2D eigenvalue weighted by molar-refractivity contribution is 9.10. The van der Waals surface area contributed by atoms with Crippen LogP contribution >= 0.6 is 15.9 Å². The minimum absolute atomic E-state index is 0.266. The number of benzene rings is 1. The first-order valence-electron chi connectivity index (χ1n) is 5.44. The zero-order valence-corrected chi connectivity index (χ0v) is 11.2. The van der Waals surface area contributed by atoms with Crippen molar-refractivity contribution in [3.8, 4) is 0 Å². The van der Waals surface area contributed by atoms with Crippen LogP contribution in [0.1, 0.15) is 32.3 Å². The molecule has 3 heteroatoms. The molecule has 0 aliphatic carbocycles. The normalized spacial score (nSPS) is 10.8. The molecule has 0 spiro atoms. The van der Waals surface area contributed by atoms with Crippen molar-refractivity contribution in [3.63, 3.8) is 0 Å². The van der Waals surface area contributed by atoms with Gasteiger partial charge in [-0.3, -0.25) is 4.79 Å². The van der Waals surface area contributed by atoms with Crippen molar-refractivity contribution in [2.45, 2.75) is 33.1 Å². The van der Waals surface area contributed by atoms with E-state index < -0.39 is 0 Å². The van der Waals surface area contributed by atoms with Crippen molar-refractivity contribution >= 4 is 21.7 Å². The summed E-state index contributed by atoms with van der Waals surface area (Å²) in [5.74, 6) is 0.417. The Hall–Kier alpha value is -0.700. The summed E-state index contributed by atoms with van der Waals surface area (Å²) in [7, 11) is 0. The van der Waals surface area contributed by atoms with E-state index in [2.05, 4.69) is 15.9 Å². The second kappa shape index (κ2) is 6.14. The van der Waals surface area contributed by atoms with E-state index in [9.17, 15) is 9.18 Å². The van der Waals surface area contributed by atoms with Crippen molar-refractivity contribution in [1.29, 1.82) is 0 Å². The lowest BCUT2D eigenvalue weighted by Crippen LogP contribution is -2.04. The second-order valence-corrected chi connectivity index (χ2v) is 5.24. The van der Waals surface area contributed by atoms with Crippen molar-refractivity contribution < 1.29 is 9.18 Å². The lowest BCUT2D eigenvalue weighted by molar-refractivity contribution is -0.119. The minimum atomic E-state index is -0.266. The van der Waals surface area contributed by atoms with Gasteiger partial charge in [0.15, 0.2) is 0 Å². The minimum Gasteiger partial charge on any atom is -0.300 e. The fourth-order valence-electron chi connectivity index (χ4n) is 1.54. The molecule has 0 unspecified atom stereocenters. The zero-order chi connectivity index (χ0) is 12.1. The van der Waals surface area contributed by atoms with Crippen LogP contribution in [0.5, 0.6) is 0 Å². The molecule has 0 amide bonds. The summed E-state index contributed by atoms with van der Waals surface area (Å²) in [5, 5.41) is 0. The van der Waals surface area contributed by atoms with Crippen LogP contribution in [0.2, 0.25) is 0 Å². The first kappa shape index (κ1) is 13.4. The Morgan fingerprint density at radius 1 is 1.44 bits per heavy atom. The van der Waals surface area contributed by atoms with E-state index >= 15 is 0 Å². The Bertz CT molecular complexity index is 374. The molecule has 0 atom stereocenters. The number of rotatable bonds is 5. The molecule has 1 aromatic rings. The molecule has 0 aromatic heterocycles. The maximum absolute atomic E-state index is 13.0. The summed E-state index contributed by atoms with van der Waals surface area (Å²) in [5.41, 5.74) is 0.991. The van der Waals surface area contributed by atoms with Gasteiger partial charge < -0.3 is 0 Å². The Labute approximate surface area is 104 Å². The number of hydrogen-bond donors (Lipinski definition) is 0. The molecular formula is C13H16BrFO. The van der Waals surface area contributed by atoms with Gasteiger partial charge in [-0.05, 0) is 46.0 Å². The first-order valence-corrected chi connectivity index (χ1v) is 6.24. The Kier molecular flexibility index (Phi) is 5.13. The van der Waals surface area contributed by atoms with Crippen LogP contribution in [0.3, 0.4) is 0 Å². The van der Waals surface area contributed by atoms with Gasteiger partial charge in [-0.2, -0.15) is 0 Å². The van der Waals surface area contributed by atoms with Crippen LogP contribution in [0, 0.1) is 11.7 Å². The van der Waals surface area contributed by atoms with E-state index in [0.717, 1.165) is 5.56 Å². The molecule has 1 rings (SSSR count). The summed E-state index contributed by atoms with van der Waals surface area (Å²) in [6.07, 6.45) is 1.85. The lowest BCUT2D eigenvalue weighted by atomic mass is 10.0. The predicted molar refractivity (Wildman–Crippen MR) is 66.9 cm³/mol. The van der Waals surface area contributed by atoms with Gasteiger partial charge in [0, 0.05) is 12.8 Å². The highest BCUT2D eigenvalue weighted by Gasteiger charge is 2.06. The Morgan fingerprint density at radius 2 is 2.12 bits per heavy atom. The average molecular weight is 287 g/mol. The van der Waals surface area contributed by atoms with Crippen LogP contribution < -0.4 is 0 Å². The summed E-state index contributed by atoms with van der Waals surface area (Å²) in [4.78, 5) is 11.5. The summed E-state index contributed by atoms with van der Waals surface area (Å²) >= 11 is 3.13. The molecule has 0 radical (unpaired) electrons. The molecular weight excluding hydrogens is 271 g/mol. The number of halogens is 2. The maximum Gasteiger partial charge on any atom is 0.137 e. The van der Waals surface area contributed by atoms with E-state index in [-0.39, 0.29) is 11.6 Å². The largest absolute Gasteiger partial charge is 0.300 e. The summed E-state index contributed by atoms with van der Waals surface area (Å²) in [6, 6.07) is 4.88. The molecule has 1 aromatic carbocycles. The van der Waals surface area contributed by atoms with Gasteiger partial charge in [0.1, 0.15) is 11.6 Å². The molecule has 1 nitrogen and oxygen atoms in total. The van der Waals surface area contributed by atoms with Crippen molar-refractivity contribution in [2.24, 2.45) is 5.92 Å². The van der Waals surface area contributed by atoms with Gasteiger partial charge in [-0.15, -0.1) is 0 Å². The van der Waals surface area contributed by atoms with Crippen LogP contribution in [-0.2, 0) is 11.2 Å². The molecule has 0 fully saturated rings. The molecule has 0 bridgehead atoms. The Balaban J connectivity index is 2.48. The highest BCUT2D eigenvalue weighted by Crippen LogP contribution is 2.18. The number of aryl methyl sites for hydroxylation is 1. The average Bonchev–Trinajstić information content (AvgIpc) is 2.19. The monoisotopic (exact) mass is 286 g/mol. The van der Waals surface area contributed by atoms with Gasteiger partial charge in [0.05, 0.1) is 4.47 Å². The van der Waals surface area contributed by atoms with Crippen LogP contribution in [0.25, 0.3) is 0 Å².